The van der Waals surface area contributed by atoms with E-state index in [9.17, 15) is 4.79 Å². The molecule has 2 heterocycles. The van der Waals surface area contributed by atoms with Gasteiger partial charge in [0.2, 0.25) is 0 Å². The molecule has 3 aromatic rings. The topological polar surface area (TPSA) is 57.8 Å². The van der Waals surface area contributed by atoms with Gasteiger partial charge in [-0.15, -0.1) is 11.3 Å². The molecule has 1 aromatic carbocycles. The second-order valence-electron chi connectivity index (χ2n) is 3.99. The van der Waals surface area contributed by atoms with E-state index in [2.05, 4.69) is 31.2 Å². The van der Waals surface area contributed by atoms with Crippen molar-refractivity contribution in [3.63, 3.8) is 0 Å². The number of hydrogen-bond acceptors (Lipinski definition) is 3. The molecule has 0 saturated heterocycles. The first kappa shape index (κ1) is 12.4. The third kappa shape index (κ3) is 2.69. The number of nitrogens with one attached hydrogen (secondary N) is 2. The van der Waals surface area contributed by atoms with Crippen LogP contribution in [0.15, 0.2) is 40.2 Å². The Hall–Kier alpha value is -1.66. The predicted octanol–water partition coefficient (Wildman–Crippen LogP) is 3.32. The van der Waals surface area contributed by atoms with E-state index < -0.39 is 0 Å². The predicted molar refractivity (Wildman–Crippen MR) is 79.3 cm³/mol. The van der Waals surface area contributed by atoms with Gasteiger partial charge < -0.3 is 10.3 Å². The molecule has 0 spiro atoms. The minimum atomic E-state index is -0.0869. The molecule has 19 heavy (non-hydrogen) atoms. The number of aromatic amines is 1. The molecule has 0 atom stereocenters. The number of carbonyl (C=O) groups excluding carboxylic acids is 1. The van der Waals surface area contributed by atoms with Gasteiger partial charge in [0.05, 0.1) is 26.2 Å². The number of rotatable bonds is 3. The van der Waals surface area contributed by atoms with E-state index in [-0.39, 0.29) is 5.91 Å². The van der Waals surface area contributed by atoms with Gasteiger partial charge in [-0.2, -0.15) is 0 Å². The van der Waals surface area contributed by atoms with Crippen molar-refractivity contribution in [2.45, 2.75) is 6.54 Å². The average Bonchev–Trinajstić information content (AvgIpc) is 3.01. The number of nitrogens with zero attached hydrogens (tertiary/aromatic N) is 1. The van der Waals surface area contributed by atoms with Crippen molar-refractivity contribution in [1.82, 2.24) is 15.3 Å². The van der Waals surface area contributed by atoms with Crippen LogP contribution < -0.4 is 5.32 Å². The molecule has 0 aliphatic heterocycles. The number of amides is 1. The van der Waals surface area contributed by atoms with E-state index >= 15 is 0 Å². The SMILES string of the molecule is O=C(NCc1nc2ccccc2[nH]1)c1ccc(Br)s1. The Morgan fingerprint density at radius 1 is 1.32 bits per heavy atom. The number of para-hydroxylation sites is 2. The summed E-state index contributed by atoms with van der Waals surface area (Å²) in [5.74, 6) is 0.668. The number of benzene rings is 1. The highest BCUT2D eigenvalue weighted by molar-refractivity contribution is 9.11. The van der Waals surface area contributed by atoms with Crippen LogP contribution in [-0.2, 0) is 6.54 Å². The van der Waals surface area contributed by atoms with Crippen LogP contribution in [0, 0.1) is 0 Å². The highest BCUT2D eigenvalue weighted by atomic mass is 79.9. The molecule has 0 bridgehead atoms. The molecule has 2 N–H and O–H groups in total. The highest BCUT2D eigenvalue weighted by Crippen LogP contribution is 2.21. The van der Waals surface area contributed by atoms with E-state index in [0.29, 0.717) is 11.4 Å². The fourth-order valence-corrected chi connectivity index (χ4v) is 3.08. The number of imidazole rings is 1. The number of carbonyl (C=O) groups is 1. The molecule has 0 aliphatic carbocycles. The molecular weight excluding hydrogens is 326 g/mol. The van der Waals surface area contributed by atoms with Crippen LogP contribution in [0.1, 0.15) is 15.5 Å². The van der Waals surface area contributed by atoms with Gasteiger partial charge in [0.1, 0.15) is 5.82 Å². The summed E-state index contributed by atoms with van der Waals surface area (Å²) < 4.78 is 0.946. The Balaban J connectivity index is 1.70. The lowest BCUT2D eigenvalue weighted by atomic mass is 10.3. The first-order chi connectivity index (χ1) is 9.22. The number of thiophene rings is 1. The van der Waals surface area contributed by atoms with Gasteiger partial charge in [-0.25, -0.2) is 4.98 Å². The van der Waals surface area contributed by atoms with Crippen molar-refractivity contribution >= 4 is 44.2 Å². The summed E-state index contributed by atoms with van der Waals surface area (Å²) >= 11 is 4.75. The summed E-state index contributed by atoms with van der Waals surface area (Å²) in [5, 5.41) is 2.85. The van der Waals surface area contributed by atoms with Crippen LogP contribution in [0.3, 0.4) is 0 Å². The van der Waals surface area contributed by atoms with Crippen LogP contribution in [0.25, 0.3) is 11.0 Å². The fourth-order valence-electron chi connectivity index (χ4n) is 1.78. The molecule has 0 unspecified atom stereocenters. The molecule has 96 valence electrons. The number of hydrogen-bond donors (Lipinski definition) is 2. The lowest BCUT2D eigenvalue weighted by Crippen LogP contribution is -2.22. The quantitative estimate of drug-likeness (QED) is 0.771. The Morgan fingerprint density at radius 2 is 2.16 bits per heavy atom. The summed E-state index contributed by atoms with van der Waals surface area (Å²) in [6.07, 6.45) is 0. The Morgan fingerprint density at radius 3 is 2.89 bits per heavy atom. The van der Waals surface area contributed by atoms with Crippen molar-refractivity contribution in [3.05, 3.63) is 50.9 Å². The maximum absolute atomic E-state index is 11.9. The third-order valence-electron chi connectivity index (χ3n) is 2.65. The molecule has 0 aliphatic rings. The van der Waals surface area contributed by atoms with Crippen molar-refractivity contribution in [1.29, 1.82) is 0 Å². The Kier molecular flexibility index (Phi) is 3.35. The summed E-state index contributed by atoms with van der Waals surface area (Å²) in [4.78, 5) is 20.1. The minimum absolute atomic E-state index is 0.0869. The molecule has 0 saturated carbocycles. The second-order valence-corrected chi connectivity index (χ2v) is 6.45. The van der Waals surface area contributed by atoms with Crippen LogP contribution in [0.2, 0.25) is 0 Å². The minimum Gasteiger partial charge on any atom is -0.344 e. The number of H-pyrrole nitrogens is 1. The number of halogens is 1. The van der Waals surface area contributed by atoms with Crippen molar-refractivity contribution in [2.75, 3.05) is 0 Å². The van der Waals surface area contributed by atoms with Gasteiger partial charge in [-0.05, 0) is 40.2 Å². The zero-order valence-corrected chi connectivity index (χ0v) is 12.2. The largest absolute Gasteiger partial charge is 0.344 e. The maximum atomic E-state index is 11.9. The fraction of sp³-hybridized carbons (Fsp3) is 0.0769. The lowest BCUT2D eigenvalue weighted by Gasteiger charge is -2.00. The van der Waals surface area contributed by atoms with Crippen LogP contribution in [0.4, 0.5) is 0 Å². The normalized spacial score (nSPS) is 10.8. The molecule has 4 nitrogen and oxygen atoms in total. The number of aromatic nitrogens is 2. The number of fused-ring (bicyclic) bond motifs is 1. The zero-order valence-electron chi connectivity index (χ0n) is 9.81. The van der Waals surface area contributed by atoms with Gasteiger partial charge in [0.15, 0.2) is 0 Å². The van der Waals surface area contributed by atoms with E-state index in [4.69, 9.17) is 0 Å². The molecular formula is C13H10BrN3OS. The maximum Gasteiger partial charge on any atom is 0.261 e. The van der Waals surface area contributed by atoms with Crippen LogP contribution >= 0.6 is 27.3 Å². The van der Waals surface area contributed by atoms with Crippen molar-refractivity contribution in [3.8, 4) is 0 Å². The van der Waals surface area contributed by atoms with Crippen LogP contribution in [0.5, 0.6) is 0 Å². The standard InChI is InChI=1S/C13H10BrN3OS/c14-11-6-5-10(19-11)13(18)15-7-12-16-8-3-1-2-4-9(8)17-12/h1-6H,7H2,(H,15,18)(H,16,17). The van der Waals surface area contributed by atoms with E-state index in [1.165, 1.54) is 11.3 Å². The third-order valence-corrected chi connectivity index (χ3v) is 4.27. The molecule has 6 heteroatoms. The Bertz CT molecular complexity index is 701. The average molecular weight is 336 g/mol. The summed E-state index contributed by atoms with van der Waals surface area (Å²) in [6.45, 7) is 0.392. The van der Waals surface area contributed by atoms with Gasteiger partial charge >= 0.3 is 0 Å². The summed E-state index contributed by atoms with van der Waals surface area (Å²) in [6, 6.07) is 11.4. The van der Waals surface area contributed by atoms with Crippen molar-refractivity contribution < 1.29 is 4.79 Å². The first-order valence-corrected chi connectivity index (χ1v) is 7.30. The van der Waals surface area contributed by atoms with E-state index in [1.807, 2.05) is 30.3 Å². The second kappa shape index (κ2) is 5.14. The van der Waals surface area contributed by atoms with Gasteiger partial charge in [-0.3, -0.25) is 4.79 Å². The zero-order chi connectivity index (χ0) is 13.2. The van der Waals surface area contributed by atoms with E-state index in [0.717, 1.165) is 20.6 Å². The smallest absolute Gasteiger partial charge is 0.261 e. The first-order valence-electron chi connectivity index (χ1n) is 5.69. The van der Waals surface area contributed by atoms with Crippen LogP contribution in [-0.4, -0.2) is 15.9 Å². The van der Waals surface area contributed by atoms with Gasteiger partial charge in [-0.1, -0.05) is 12.1 Å². The molecule has 0 radical (unpaired) electrons. The molecule has 3 rings (SSSR count). The Labute approximate surface area is 122 Å². The van der Waals surface area contributed by atoms with E-state index in [1.54, 1.807) is 6.07 Å². The van der Waals surface area contributed by atoms with Gasteiger partial charge in [0, 0.05) is 0 Å². The summed E-state index contributed by atoms with van der Waals surface area (Å²) in [5.41, 5.74) is 1.89. The molecule has 2 aromatic heterocycles. The monoisotopic (exact) mass is 335 g/mol. The molecule has 1 amide bonds. The van der Waals surface area contributed by atoms with Gasteiger partial charge in [0.25, 0.3) is 5.91 Å². The van der Waals surface area contributed by atoms with Crippen molar-refractivity contribution in [2.24, 2.45) is 0 Å². The molecule has 0 fully saturated rings. The lowest BCUT2D eigenvalue weighted by molar-refractivity contribution is 0.0954. The highest BCUT2D eigenvalue weighted by Gasteiger charge is 2.09. The summed E-state index contributed by atoms with van der Waals surface area (Å²) in [7, 11) is 0.